The quantitative estimate of drug-likeness (QED) is 0.794. The Morgan fingerprint density at radius 1 is 1.35 bits per heavy atom. The molecule has 0 aromatic carbocycles. The van der Waals surface area contributed by atoms with Gasteiger partial charge < -0.3 is 10.2 Å². The zero-order chi connectivity index (χ0) is 12.5. The van der Waals surface area contributed by atoms with Crippen LogP contribution in [0.25, 0.3) is 0 Å². The van der Waals surface area contributed by atoms with Crippen molar-refractivity contribution >= 4 is 5.97 Å². The van der Waals surface area contributed by atoms with Crippen LogP contribution < -0.4 is 0 Å². The minimum absolute atomic E-state index is 0.0891. The first kappa shape index (κ1) is 12.9. The summed E-state index contributed by atoms with van der Waals surface area (Å²) in [5.74, 6) is 0.500. The van der Waals surface area contributed by atoms with Crippen molar-refractivity contribution in [2.24, 2.45) is 17.3 Å². The largest absolute Gasteiger partial charge is 0.479 e. The van der Waals surface area contributed by atoms with Crippen molar-refractivity contribution < 1.29 is 15.0 Å². The molecule has 0 aliphatic heterocycles. The fourth-order valence-electron chi connectivity index (χ4n) is 4.18. The third kappa shape index (κ3) is 2.82. The molecule has 3 atom stereocenters. The Morgan fingerprint density at radius 2 is 1.94 bits per heavy atom. The van der Waals surface area contributed by atoms with E-state index in [0.717, 1.165) is 31.1 Å². The van der Waals surface area contributed by atoms with Crippen LogP contribution in [-0.4, -0.2) is 22.3 Å². The number of aliphatic hydroxyl groups is 1. The van der Waals surface area contributed by atoms with Crippen molar-refractivity contribution in [3.05, 3.63) is 0 Å². The molecule has 98 valence electrons. The summed E-state index contributed by atoms with van der Waals surface area (Å²) in [7, 11) is 0. The van der Waals surface area contributed by atoms with E-state index in [2.05, 4.69) is 6.92 Å². The predicted octanol–water partition coefficient (Wildman–Crippen LogP) is 2.82. The van der Waals surface area contributed by atoms with Crippen LogP contribution in [0.2, 0.25) is 0 Å². The van der Waals surface area contributed by atoms with Gasteiger partial charge in [-0.05, 0) is 42.9 Å². The summed E-state index contributed by atoms with van der Waals surface area (Å²) in [5.41, 5.74) is 0.0891. The Labute approximate surface area is 103 Å². The van der Waals surface area contributed by atoms with Crippen LogP contribution in [0.5, 0.6) is 0 Å². The van der Waals surface area contributed by atoms with Crippen molar-refractivity contribution in [3.63, 3.8) is 0 Å². The van der Waals surface area contributed by atoms with Crippen LogP contribution in [0.1, 0.15) is 58.3 Å². The molecule has 2 saturated carbocycles. The monoisotopic (exact) mass is 240 g/mol. The predicted molar refractivity (Wildman–Crippen MR) is 65.7 cm³/mol. The number of fused-ring (bicyclic) bond motifs is 2. The second-order valence-corrected chi connectivity index (χ2v) is 6.22. The van der Waals surface area contributed by atoms with E-state index in [9.17, 15) is 9.90 Å². The molecule has 3 nitrogen and oxygen atoms in total. The Hall–Kier alpha value is -0.570. The zero-order valence-electron chi connectivity index (χ0n) is 10.7. The zero-order valence-corrected chi connectivity index (χ0v) is 10.7. The topological polar surface area (TPSA) is 57.5 Å². The average molecular weight is 240 g/mol. The van der Waals surface area contributed by atoms with E-state index in [0.29, 0.717) is 6.42 Å². The molecule has 2 aliphatic carbocycles. The van der Waals surface area contributed by atoms with Gasteiger partial charge in [0.25, 0.3) is 0 Å². The van der Waals surface area contributed by atoms with E-state index in [-0.39, 0.29) is 5.41 Å². The summed E-state index contributed by atoms with van der Waals surface area (Å²) in [5, 5.41) is 18.5. The number of carboxylic acids is 1. The maximum atomic E-state index is 10.8. The molecule has 17 heavy (non-hydrogen) atoms. The summed E-state index contributed by atoms with van der Waals surface area (Å²) in [6, 6.07) is 0. The summed E-state index contributed by atoms with van der Waals surface area (Å²) >= 11 is 0. The lowest BCUT2D eigenvalue weighted by atomic mass is 9.58. The minimum atomic E-state index is -1.17. The number of hydrogen-bond donors (Lipinski definition) is 2. The van der Waals surface area contributed by atoms with Gasteiger partial charge >= 0.3 is 5.97 Å². The molecule has 0 aromatic rings. The van der Waals surface area contributed by atoms with E-state index >= 15 is 0 Å². The first-order valence-corrected chi connectivity index (χ1v) is 6.95. The second-order valence-electron chi connectivity index (χ2n) is 6.22. The van der Waals surface area contributed by atoms with Gasteiger partial charge in [-0.2, -0.15) is 0 Å². The van der Waals surface area contributed by atoms with E-state index < -0.39 is 12.1 Å². The molecular weight excluding hydrogens is 216 g/mol. The molecule has 2 fully saturated rings. The van der Waals surface area contributed by atoms with E-state index in [1.807, 2.05) is 0 Å². The highest BCUT2D eigenvalue weighted by Gasteiger charge is 2.42. The average Bonchev–Trinajstić information content (AvgIpc) is 2.28. The number of aliphatic hydroxyl groups excluding tert-OH is 1. The van der Waals surface area contributed by atoms with Gasteiger partial charge in [-0.25, -0.2) is 4.79 Å². The lowest BCUT2D eigenvalue weighted by molar-refractivity contribution is -0.149. The summed E-state index contributed by atoms with van der Waals surface area (Å²) in [4.78, 5) is 10.8. The van der Waals surface area contributed by atoms with Crippen molar-refractivity contribution in [3.8, 4) is 0 Å². The van der Waals surface area contributed by atoms with Crippen molar-refractivity contribution in [1.82, 2.24) is 0 Å². The van der Waals surface area contributed by atoms with E-state index in [4.69, 9.17) is 5.11 Å². The van der Waals surface area contributed by atoms with Crippen molar-refractivity contribution in [1.29, 1.82) is 0 Å². The van der Waals surface area contributed by atoms with Gasteiger partial charge in [0.15, 0.2) is 6.10 Å². The number of carbonyl (C=O) groups is 1. The Bertz CT molecular complexity index is 275. The van der Waals surface area contributed by atoms with Gasteiger partial charge in [-0.1, -0.05) is 32.6 Å². The van der Waals surface area contributed by atoms with Crippen LogP contribution in [-0.2, 0) is 4.79 Å². The molecule has 3 unspecified atom stereocenters. The maximum Gasteiger partial charge on any atom is 0.332 e. The maximum absolute atomic E-state index is 10.8. The van der Waals surface area contributed by atoms with Crippen molar-refractivity contribution in [2.45, 2.75) is 64.4 Å². The molecule has 0 radical (unpaired) electrons. The van der Waals surface area contributed by atoms with Crippen LogP contribution in [0.4, 0.5) is 0 Å². The molecular formula is C14H24O3. The van der Waals surface area contributed by atoms with Gasteiger partial charge in [-0.3, -0.25) is 0 Å². The van der Waals surface area contributed by atoms with Crippen LogP contribution >= 0.6 is 0 Å². The smallest absolute Gasteiger partial charge is 0.332 e. The van der Waals surface area contributed by atoms with Crippen LogP contribution in [0.3, 0.4) is 0 Å². The number of rotatable bonds is 4. The van der Waals surface area contributed by atoms with E-state index in [1.54, 1.807) is 0 Å². The van der Waals surface area contributed by atoms with Gasteiger partial charge in [0.1, 0.15) is 0 Å². The highest BCUT2D eigenvalue weighted by atomic mass is 16.4. The van der Waals surface area contributed by atoms with Crippen LogP contribution in [0, 0.1) is 17.3 Å². The molecule has 0 saturated heterocycles. The number of carboxylic acid groups (broad SMARTS) is 1. The molecule has 2 bridgehead atoms. The van der Waals surface area contributed by atoms with Gasteiger partial charge in [0, 0.05) is 0 Å². The SMILES string of the molecule is CCC1(CC(O)C(=O)O)CC2CCCC(C2)C1. The molecule has 0 heterocycles. The lowest BCUT2D eigenvalue weighted by Gasteiger charge is -2.47. The number of hydrogen-bond acceptors (Lipinski definition) is 2. The number of aliphatic carboxylic acids is 1. The minimum Gasteiger partial charge on any atom is -0.479 e. The molecule has 0 amide bonds. The Morgan fingerprint density at radius 3 is 2.41 bits per heavy atom. The van der Waals surface area contributed by atoms with Crippen LogP contribution in [0.15, 0.2) is 0 Å². The molecule has 2 rings (SSSR count). The highest BCUT2D eigenvalue weighted by molar-refractivity contribution is 5.71. The highest BCUT2D eigenvalue weighted by Crippen LogP contribution is 2.52. The third-order valence-electron chi connectivity index (χ3n) is 5.00. The summed E-state index contributed by atoms with van der Waals surface area (Å²) in [6.45, 7) is 2.15. The Balaban J connectivity index is 2.06. The fourth-order valence-corrected chi connectivity index (χ4v) is 4.18. The molecule has 3 heteroatoms. The van der Waals surface area contributed by atoms with Gasteiger partial charge in [0.05, 0.1) is 0 Å². The molecule has 0 spiro atoms. The standard InChI is InChI=1S/C14H24O3/c1-2-14(9-12(15)13(16)17)7-10-4-3-5-11(6-10)8-14/h10-12,15H,2-9H2,1H3,(H,16,17). The normalized spacial score (nSPS) is 38.7. The van der Waals surface area contributed by atoms with Gasteiger partial charge in [-0.15, -0.1) is 0 Å². The van der Waals surface area contributed by atoms with E-state index in [1.165, 1.54) is 25.7 Å². The first-order valence-electron chi connectivity index (χ1n) is 6.95. The van der Waals surface area contributed by atoms with Crippen molar-refractivity contribution in [2.75, 3.05) is 0 Å². The third-order valence-corrected chi connectivity index (χ3v) is 5.00. The lowest BCUT2D eigenvalue weighted by Crippen LogP contribution is -2.39. The second kappa shape index (κ2) is 4.97. The van der Waals surface area contributed by atoms with Gasteiger partial charge in [0.2, 0.25) is 0 Å². The molecule has 2 N–H and O–H groups in total. The summed E-state index contributed by atoms with van der Waals surface area (Å²) < 4.78 is 0. The first-order chi connectivity index (χ1) is 8.04. The molecule has 2 aliphatic rings. The summed E-state index contributed by atoms with van der Waals surface area (Å²) in [6.07, 6.45) is 7.84. The fraction of sp³-hybridized carbons (Fsp3) is 0.929. The molecule has 0 aromatic heterocycles. The Kier molecular flexibility index (Phi) is 3.76.